The molecular weight excluding hydrogens is 324 g/mol. The first-order valence-electron chi connectivity index (χ1n) is 8.24. The lowest BCUT2D eigenvalue weighted by Crippen LogP contribution is -2.51. The van der Waals surface area contributed by atoms with Crippen molar-refractivity contribution in [3.8, 4) is 0 Å². The largest absolute Gasteiger partial charge is 0.390 e. The molecule has 1 saturated heterocycles. The summed E-state index contributed by atoms with van der Waals surface area (Å²) in [4.78, 5) is 45.3. The van der Waals surface area contributed by atoms with E-state index in [0.29, 0.717) is 25.2 Å². The van der Waals surface area contributed by atoms with Gasteiger partial charge in [0.15, 0.2) is 0 Å². The molecule has 25 heavy (non-hydrogen) atoms. The lowest BCUT2D eigenvalue weighted by atomic mass is 9.83. The first-order valence-corrected chi connectivity index (χ1v) is 8.24. The van der Waals surface area contributed by atoms with Crippen molar-refractivity contribution in [3.63, 3.8) is 0 Å². The molecular formula is C17H22N4O4. The molecule has 1 aliphatic rings. The van der Waals surface area contributed by atoms with Crippen molar-refractivity contribution in [1.82, 2.24) is 19.4 Å². The quantitative estimate of drug-likeness (QED) is 0.765. The van der Waals surface area contributed by atoms with Gasteiger partial charge in [-0.05, 0) is 26.3 Å². The minimum atomic E-state index is -0.811. The number of carbonyl (C=O) groups excluding carboxylic acids is 1. The molecule has 0 aromatic carbocycles. The second-order valence-electron chi connectivity index (χ2n) is 7.09. The fourth-order valence-electron chi connectivity index (χ4n) is 3.21. The van der Waals surface area contributed by atoms with Crippen LogP contribution in [0.15, 0.2) is 15.7 Å². The summed E-state index contributed by atoms with van der Waals surface area (Å²) in [7, 11) is 1.50. The highest BCUT2D eigenvalue weighted by atomic mass is 16.3. The summed E-state index contributed by atoms with van der Waals surface area (Å²) in [5.41, 5.74) is -1.03. The number of aromatic nitrogens is 3. The number of carbonyl (C=O) groups is 1. The monoisotopic (exact) mass is 346 g/mol. The van der Waals surface area contributed by atoms with Gasteiger partial charge >= 0.3 is 5.69 Å². The molecule has 0 radical (unpaired) electrons. The fourth-order valence-corrected chi connectivity index (χ4v) is 3.21. The first-order chi connectivity index (χ1) is 11.6. The van der Waals surface area contributed by atoms with Crippen molar-refractivity contribution in [3.05, 3.63) is 38.2 Å². The molecule has 2 atom stereocenters. The van der Waals surface area contributed by atoms with E-state index in [1.807, 2.05) is 6.92 Å². The number of nitrogens with one attached hydrogen (secondary N) is 1. The molecule has 0 unspecified atom stereocenters. The van der Waals surface area contributed by atoms with Crippen molar-refractivity contribution in [1.29, 1.82) is 0 Å². The van der Waals surface area contributed by atoms with Gasteiger partial charge in [-0.25, -0.2) is 9.78 Å². The summed E-state index contributed by atoms with van der Waals surface area (Å²) >= 11 is 0. The van der Waals surface area contributed by atoms with Gasteiger partial charge < -0.3 is 10.0 Å². The Kier molecular flexibility index (Phi) is 4.03. The average Bonchev–Trinajstić information content (AvgIpc) is 2.53. The molecule has 0 bridgehead atoms. The van der Waals surface area contributed by atoms with Gasteiger partial charge in [0, 0.05) is 31.7 Å². The second kappa shape index (κ2) is 5.80. The number of hydrogen-bond donors (Lipinski definition) is 2. The number of rotatable bonds is 1. The molecule has 1 amide bonds. The van der Waals surface area contributed by atoms with Crippen molar-refractivity contribution in [2.45, 2.75) is 32.8 Å². The minimum absolute atomic E-state index is 0.0814. The van der Waals surface area contributed by atoms with Gasteiger partial charge in [0.2, 0.25) is 0 Å². The van der Waals surface area contributed by atoms with Crippen LogP contribution in [0.1, 0.15) is 36.3 Å². The third-order valence-electron chi connectivity index (χ3n) is 5.16. The van der Waals surface area contributed by atoms with Gasteiger partial charge in [0.1, 0.15) is 5.65 Å². The zero-order chi connectivity index (χ0) is 18.5. The van der Waals surface area contributed by atoms with Crippen molar-refractivity contribution < 1.29 is 9.90 Å². The Morgan fingerprint density at radius 1 is 1.44 bits per heavy atom. The van der Waals surface area contributed by atoms with Crippen LogP contribution in [0.5, 0.6) is 0 Å². The second-order valence-corrected chi connectivity index (χ2v) is 7.09. The number of aromatic amines is 1. The predicted octanol–water partition coefficient (Wildman–Crippen LogP) is 0.163. The Hall–Kier alpha value is -2.48. The van der Waals surface area contributed by atoms with Crippen LogP contribution in [0.2, 0.25) is 0 Å². The number of amides is 1. The smallest absolute Gasteiger partial charge is 0.329 e. The number of aliphatic hydroxyl groups is 1. The molecule has 2 aromatic heterocycles. The highest BCUT2D eigenvalue weighted by Crippen LogP contribution is 2.28. The molecule has 1 aliphatic heterocycles. The lowest BCUT2D eigenvalue weighted by molar-refractivity contribution is -0.0439. The van der Waals surface area contributed by atoms with E-state index in [9.17, 15) is 19.5 Å². The van der Waals surface area contributed by atoms with Gasteiger partial charge in [0.05, 0.1) is 16.6 Å². The van der Waals surface area contributed by atoms with E-state index >= 15 is 0 Å². The van der Waals surface area contributed by atoms with E-state index in [0.717, 1.165) is 0 Å². The van der Waals surface area contributed by atoms with Crippen LogP contribution in [0.4, 0.5) is 0 Å². The molecule has 3 heterocycles. The van der Waals surface area contributed by atoms with Gasteiger partial charge in [-0.2, -0.15) is 0 Å². The Morgan fingerprint density at radius 3 is 2.76 bits per heavy atom. The van der Waals surface area contributed by atoms with Gasteiger partial charge in [-0.1, -0.05) is 6.92 Å². The molecule has 0 spiro atoms. The first kappa shape index (κ1) is 17.3. The summed E-state index contributed by atoms with van der Waals surface area (Å²) in [6, 6.07) is 1.57. The molecule has 134 valence electrons. The van der Waals surface area contributed by atoms with E-state index in [1.165, 1.54) is 11.6 Å². The average molecular weight is 346 g/mol. The summed E-state index contributed by atoms with van der Waals surface area (Å²) in [5.74, 6) is -0.371. The summed E-state index contributed by atoms with van der Waals surface area (Å²) in [6.07, 6.45) is 0.469. The maximum atomic E-state index is 13.0. The van der Waals surface area contributed by atoms with Crippen LogP contribution in [0, 0.1) is 12.8 Å². The highest BCUT2D eigenvalue weighted by Gasteiger charge is 2.37. The van der Waals surface area contributed by atoms with Gasteiger partial charge in [-0.3, -0.25) is 19.1 Å². The number of hydrogen-bond acceptors (Lipinski definition) is 5. The zero-order valence-electron chi connectivity index (χ0n) is 14.8. The third-order valence-corrected chi connectivity index (χ3v) is 5.16. The van der Waals surface area contributed by atoms with Crippen LogP contribution in [-0.2, 0) is 7.05 Å². The SMILES string of the molecule is Cc1cc(C(=O)N2CC[C@](C)(O)[C@H](C)C2)c2c(=O)[nH]c(=O)n(C)c2n1. The fraction of sp³-hybridized carbons (Fsp3) is 0.529. The van der Waals surface area contributed by atoms with Crippen LogP contribution >= 0.6 is 0 Å². The van der Waals surface area contributed by atoms with Crippen LogP contribution in [-0.4, -0.2) is 49.1 Å². The number of nitrogens with zero attached hydrogens (tertiary/aromatic N) is 3. The Labute approximate surface area is 144 Å². The number of fused-ring (bicyclic) bond motifs is 1. The minimum Gasteiger partial charge on any atom is -0.390 e. The topological polar surface area (TPSA) is 108 Å². The number of aryl methyl sites for hydroxylation is 2. The Balaban J connectivity index is 2.13. The molecule has 1 fully saturated rings. The Bertz CT molecular complexity index is 973. The number of H-pyrrole nitrogens is 1. The molecule has 2 N–H and O–H groups in total. The normalized spacial score (nSPS) is 23.9. The summed E-state index contributed by atoms with van der Waals surface area (Å²) in [6.45, 7) is 6.18. The van der Waals surface area contributed by atoms with Crippen LogP contribution < -0.4 is 11.2 Å². The van der Waals surface area contributed by atoms with E-state index in [1.54, 1.807) is 24.8 Å². The zero-order valence-corrected chi connectivity index (χ0v) is 14.8. The van der Waals surface area contributed by atoms with E-state index in [-0.39, 0.29) is 28.4 Å². The molecule has 0 aliphatic carbocycles. The predicted molar refractivity (Wildman–Crippen MR) is 92.7 cm³/mol. The van der Waals surface area contributed by atoms with Crippen LogP contribution in [0.25, 0.3) is 11.0 Å². The third kappa shape index (κ3) is 2.86. The number of pyridine rings is 1. The molecule has 8 heteroatoms. The van der Waals surface area contributed by atoms with Crippen molar-refractivity contribution in [2.75, 3.05) is 13.1 Å². The molecule has 8 nitrogen and oxygen atoms in total. The van der Waals surface area contributed by atoms with Gasteiger partial charge in [0.25, 0.3) is 11.5 Å². The number of likely N-dealkylation sites (tertiary alicyclic amines) is 1. The van der Waals surface area contributed by atoms with Gasteiger partial charge in [-0.15, -0.1) is 0 Å². The standard InChI is InChI=1S/C17H22N4O4/c1-9-8-21(6-5-17(9,3)25)15(23)11-7-10(2)18-13-12(11)14(22)19-16(24)20(13)4/h7,9,25H,5-6,8H2,1-4H3,(H,19,22,24)/t9-,17+/m1/s1. The summed E-state index contributed by atoms with van der Waals surface area (Å²) < 4.78 is 1.23. The lowest BCUT2D eigenvalue weighted by Gasteiger charge is -2.41. The maximum Gasteiger partial charge on any atom is 0.329 e. The van der Waals surface area contributed by atoms with E-state index in [4.69, 9.17) is 0 Å². The highest BCUT2D eigenvalue weighted by molar-refractivity contribution is 6.05. The summed E-state index contributed by atoms with van der Waals surface area (Å²) in [5, 5.41) is 10.4. The van der Waals surface area contributed by atoms with Crippen molar-refractivity contribution >= 4 is 16.9 Å². The van der Waals surface area contributed by atoms with E-state index in [2.05, 4.69) is 9.97 Å². The molecule has 0 saturated carbocycles. The number of piperidine rings is 1. The van der Waals surface area contributed by atoms with Crippen LogP contribution in [0.3, 0.4) is 0 Å². The molecule has 3 rings (SSSR count). The maximum absolute atomic E-state index is 13.0. The van der Waals surface area contributed by atoms with Crippen molar-refractivity contribution in [2.24, 2.45) is 13.0 Å². The Morgan fingerprint density at radius 2 is 2.12 bits per heavy atom. The van der Waals surface area contributed by atoms with E-state index < -0.39 is 16.9 Å². The molecule has 2 aromatic rings.